The third-order valence-corrected chi connectivity index (χ3v) is 7.23. The number of fused-ring (bicyclic) bond motifs is 3. The van der Waals surface area contributed by atoms with E-state index in [9.17, 15) is 9.59 Å². The molecule has 2 N–H and O–H groups in total. The zero-order valence-corrected chi connectivity index (χ0v) is 17.1. The number of thioether (sulfide) groups is 1. The summed E-state index contributed by atoms with van der Waals surface area (Å²) in [7, 11) is 0. The maximum atomic E-state index is 13.5. The van der Waals surface area contributed by atoms with Crippen LogP contribution < -0.4 is 11.3 Å². The number of nitrogens with zero attached hydrogens (tertiary/aromatic N) is 2. The average molecular weight is 420 g/mol. The molecular formula is C19H18ClN3O2S2. The van der Waals surface area contributed by atoms with E-state index in [-0.39, 0.29) is 5.56 Å². The summed E-state index contributed by atoms with van der Waals surface area (Å²) >= 11 is 8.81. The fraction of sp³-hybridized carbons (Fsp3) is 0.316. The van der Waals surface area contributed by atoms with Crippen LogP contribution in [0.15, 0.2) is 34.2 Å². The first-order valence-corrected chi connectivity index (χ1v) is 10.8. The molecule has 2 heterocycles. The van der Waals surface area contributed by atoms with Gasteiger partial charge in [0.2, 0.25) is 5.91 Å². The Morgan fingerprint density at radius 2 is 2.00 bits per heavy atom. The molecule has 0 unspecified atom stereocenters. The third kappa shape index (κ3) is 3.39. The molecule has 0 fully saturated rings. The minimum Gasteiger partial charge on any atom is -0.369 e. The summed E-state index contributed by atoms with van der Waals surface area (Å²) < 4.78 is 1.57. The number of benzene rings is 1. The number of amides is 1. The van der Waals surface area contributed by atoms with Crippen molar-refractivity contribution in [1.29, 1.82) is 0 Å². The second-order valence-corrected chi connectivity index (χ2v) is 9.39. The zero-order chi connectivity index (χ0) is 19.1. The number of thiophene rings is 1. The highest BCUT2D eigenvalue weighted by atomic mass is 35.5. The molecule has 1 aliphatic rings. The molecule has 0 radical (unpaired) electrons. The van der Waals surface area contributed by atoms with Crippen LogP contribution in [0.1, 0.15) is 30.2 Å². The number of nitrogens with two attached hydrogens (primary N) is 1. The lowest BCUT2D eigenvalue weighted by Crippen LogP contribution is -2.26. The standard InChI is InChI=1S/C19H18ClN3O2S2/c1-10(16(21)24)26-19-22-17-15(13-4-2-3-5-14(13)27-17)18(25)23(19)12-8-6-11(20)7-9-12/h6-10H,2-5H2,1H3,(H2,21,24)/t10-/m1/s1. The van der Waals surface area contributed by atoms with Gasteiger partial charge in [-0.1, -0.05) is 23.4 Å². The third-order valence-electron chi connectivity index (χ3n) is 4.73. The van der Waals surface area contributed by atoms with Crippen molar-refractivity contribution in [3.05, 3.63) is 50.1 Å². The molecule has 8 heteroatoms. The maximum Gasteiger partial charge on any atom is 0.267 e. The number of hydrogen-bond donors (Lipinski definition) is 1. The van der Waals surface area contributed by atoms with E-state index in [0.717, 1.165) is 36.1 Å². The molecule has 0 saturated heterocycles. The Balaban J connectivity index is 1.98. The van der Waals surface area contributed by atoms with Crippen LogP contribution in [0.25, 0.3) is 15.9 Å². The Hall–Kier alpha value is -1.83. The minimum atomic E-state index is -0.498. The van der Waals surface area contributed by atoms with Crippen LogP contribution in [0.5, 0.6) is 0 Å². The van der Waals surface area contributed by atoms with Gasteiger partial charge in [0, 0.05) is 9.90 Å². The van der Waals surface area contributed by atoms with E-state index in [1.165, 1.54) is 16.6 Å². The van der Waals surface area contributed by atoms with Crippen LogP contribution >= 0.6 is 34.7 Å². The van der Waals surface area contributed by atoms with Crippen molar-refractivity contribution in [3.63, 3.8) is 0 Å². The van der Waals surface area contributed by atoms with Gasteiger partial charge in [0.25, 0.3) is 5.56 Å². The molecule has 0 spiro atoms. The van der Waals surface area contributed by atoms with Gasteiger partial charge in [-0.3, -0.25) is 14.2 Å². The Morgan fingerprint density at radius 3 is 2.70 bits per heavy atom. The number of primary amides is 1. The van der Waals surface area contributed by atoms with Gasteiger partial charge >= 0.3 is 0 Å². The molecular weight excluding hydrogens is 402 g/mol. The number of halogens is 1. The molecule has 140 valence electrons. The van der Waals surface area contributed by atoms with E-state index in [4.69, 9.17) is 22.3 Å². The molecule has 27 heavy (non-hydrogen) atoms. The number of aromatic nitrogens is 2. The number of carbonyl (C=O) groups excluding carboxylic acids is 1. The predicted octanol–water partition coefficient (Wildman–Crippen LogP) is 3.95. The molecule has 0 aliphatic heterocycles. The SMILES string of the molecule is C[C@@H](Sc1nc2sc3c(c2c(=O)n1-c1ccc(Cl)cc1)CCCC3)C(N)=O. The van der Waals surface area contributed by atoms with Gasteiger partial charge < -0.3 is 5.73 Å². The lowest BCUT2D eigenvalue weighted by atomic mass is 9.97. The van der Waals surface area contributed by atoms with E-state index < -0.39 is 11.2 Å². The fourth-order valence-electron chi connectivity index (χ4n) is 3.30. The van der Waals surface area contributed by atoms with Gasteiger partial charge in [0.1, 0.15) is 4.83 Å². The van der Waals surface area contributed by atoms with E-state index in [1.807, 2.05) is 0 Å². The first-order valence-electron chi connectivity index (χ1n) is 8.75. The van der Waals surface area contributed by atoms with E-state index in [0.29, 0.717) is 21.3 Å². The van der Waals surface area contributed by atoms with Gasteiger partial charge in [-0.15, -0.1) is 11.3 Å². The summed E-state index contributed by atoms with van der Waals surface area (Å²) in [6, 6.07) is 7.05. The lowest BCUT2D eigenvalue weighted by molar-refractivity contribution is -0.117. The molecule has 1 aromatic carbocycles. The Labute approximate surface area is 169 Å². The molecule has 5 nitrogen and oxygen atoms in total. The Morgan fingerprint density at radius 1 is 1.30 bits per heavy atom. The lowest BCUT2D eigenvalue weighted by Gasteiger charge is -2.15. The first-order chi connectivity index (χ1) is 13.0. The van der Waals surface area contributed by atoms with E-state index in [2.05, 4.69) is 0 Å². The van der Waals surface area contributed by atoms with Crippen molar-refractivity contribution in [3.8, 4) is 5.69 Å². The van der Waals surface area contributed by atoms with Crippen molar-refractivity contribution < 1.29 is 4.79 Å². The van der Waals surface area contributed by atoms with Crippen LogP contribution in [0.3, 0.4) is 0 Å². The smallest absolute Gasteiger partial charge is 0.267 e. The monoisotopic (exact) mass is 419 g/mol. The normalized spacial score (nSPS) is 14.9. The Bertz CT molecular complexity index is 1090. The Kier molecular flexibility index (Phi) is 5.01. The van der Waals surface area contributed by atoms with Crippen molar-refractivity contribution >= 4 is 50.8 Å². The van der Waals surface area contributed by atoms with Gasteiger partial charge in [0.05, 0.1) is 16.3 Å². The average Bonchev–Trinajstić information content (AvgIpc) is 3.01. The highest BCUT2D eigenvalue weighted by Gasteiger charge is 2.24. The van der Waals surface area contributed by atoms with Crippen molar-refractivity contribution in [2.45, 2.75) is 43.0 Å². The summed E-state index contributed by atoms with van der Waals surface area (Å²) in [4.78, 5) is 31.8. The summed E-state index contributed by atoms with van der Waals surface area (Å²) in [5, 5.41) is 1.27. The van der Waals surface area contributed by atoms with Gasteiger partial charge in [-0.25, -0.2) is 4.98 Å². The predicted molar refractivity (Wildman–Crippen MR) is 111 cm³/mol. The minimum absolute atomic E-state index is 0.0964. The highest BCUT2D eigenvalue weighted by Crippen LogP contribution is 2.35. The number of rotatable bonds is 4. The first kappa shape index (κ1) is 18.5. The topological polar surface area (TPSA) is 78.0 Å². The van der Waals surface area contributed by atoms with Crippen LogP contribution in [-0.4, -0.2) is 20.7 Å². The van der Waals surface area contributed by atoms with Crippen LogP contribution in [0.4, 0.5) is 0 Å². The molecule has 3 aromatic rings. The second kappa shape index (κ2) is 7.30. The summed E-state index contributed by atoms with van der Waals surface area (Å²) in [6.07, 6.45) is 4.15. The molecule has 1 amide bonds. The van der Waals surface area contributed by atoms with Gasteiger partial charge in [-0.05, 0) is 62.4 Å². The molecule has 4 rings (SSSR count). The van der Waals surface area contributed by atoms with Gasteiger partial charge in [-0.2, -0.15) is 0 Å². The maximum absolute atomic E-state index is 13.5. The van der Waals surface area contributed by atoms with Crippen molar-refractivity contribution in [2.24, 2.45) is 5.73 Å². The molecule has 1 aliphatic carbocycles. The van der Waals surface area contributed by atoms with Crippen LogP contribution in [0, 0.1) is 0 Å². The summed E-state index contributed by atoms with van der Waals surface area (Å²) in [5.74, 6) is -0.442. The summed E-state index contributed by atoms with van der Waals surface area (Å²) in [5.41, 5.74) is 7.15. The number of carbonyl (C=O) groups is 1. The van der Waals surface area contributed by atoms with Gasteiger partial charge in [0.15, 0.2) is 5.16 Å². The van der Waals surface area contributed by atoms with E-state index in [1.54, 1.807) is 47.1 Å². The number of hydrogen-bond acceptors (Lipinski definition) is 5. The van der Waals surface area contributed by atoms with Crippen molar-refractivity contribution in [2.75, 3.05) is 0 Å². The molecule has 0 saturated carbocycles. The molecule has 0 bridgehead atoms. The second-order valence-electron chi connectivity index (χ2n) is 6.56. The number of aryl methyl sites for hydroxylation is 2. The molecule has 2 aromatic heterocycles. The van der Waals surface area contributed by atoms with Crippen LogP contribution in [-0.2, 0) is 17.6 Å². The van der Waals surface area contributed by atoms with E-state index >= 15 is 0 Å². The van der Waals surface area contributed by atoms with Crippen LogP contribution in [0.2, 0.25) is 5.02 Å². The fourth-order valence-corrected chi connectivity index (χ4v) is 5.61. The quantitative estimate of drug-likeness (QED) is 0.513. The molecule has 1 atom stereocenters. The van der Waals surface area contributed by atoms with Crippen molar-refractivity contribution in [1.82, 2.24) is 9.55 Å². The summed E-state index contributed by atoms with van der Waals surface area (Å²) in [6.45, 7) is 1.72. The highest BCUT2D eigenvalue weighted by molar-refractivity contribution is 8.00. The largest absolute Gasteiger partial charge is 0.369 e. The zero-order valence-electron chi connectivity index (χ0n) is 14.7.